The molecule has 2 aromatic carbocycles. The van der Waals surface area contributed by atoms with Crippen LogP contribution in [0.4, 0.5) is 11.5 Å². The van der Waals surface area contributed by atoms with Crippen LogP contribution in [0.25, 0.3) is 0 Å². The summed E-state index contributed by atoms with van der Waals surface area (Å²) >= 11 is 5.90. The Morgan fingerprint density at radius 2 is 1.70 bits per heavy atom. The number of aryl methyl sites for hydroxylation is 2. The first-order valence-electron chi connectivity index (χ1n) is 8.71. The van der Waals surface area contributed by atoms with Gasteiger partial charge in [-0.3, -0.25) is 4.79 Å². The molecule has 6 heteroatoms. The van der Waals surface area contributed by atoms with E-state index in [-0.39, 0.29) is 5.91 Å². The van der Waals surface area contributed by atoms with Crippen molar-refractivity contribution in [1.29, 1.82) is 0 Å². The lowest BCUT2D eigenvalue weighted by Crippen LogP contribution is -2.16. The molecular weight excluding hydrogens is 360 g/mol. The number of hydrogen-bond acceptors (Lipinski definition) is 4. The molecule has 0 fully saturated rings. The van der Waals surface area contributed by atoms with E-state index in [2.05, 4.69) is 20.6 Å². The molecule has 0 aliphatic heterocycles. The van der Waals surface area contributed by atoms with E-state index in [1.165, 1.54) is 5.56 Å². The Hall–Kier alpha value is -2.92. The first-order chi connectivity index (χ1) is 13.0. The van der Waals surface area contributed by atoms with Crippen LogP contribution in [0.2, 0.25) is 5.02 Å². The number of halogens is 1. The fourth-order valence-corrected chi connectivity index (χ4v) is 2.72. The van der Waals surface area contributed by atoms with Crippen LogP contribution in [0, 0.1) is 13.8 Å². The van der Waals surface area contributed by atoms with Crippen LogP contribution in [0.15, 0.2) is 54.6 Å². The number of carbonyl (C=O) groups is 1. The van der Waals surface area contributed by atoms with E-state index >= 15 is 0 Å². The summed E-state index contributed by atoms with van der Waals surface area (Å²) in [5, 5.41) is 6.83. The Kier molecular flexibility index (Phi) is 6.04. The predicted molar refractivity (Wildman–Crippen MR) is 110 cm³/mol. The van der Waals surface area contributed by atoms with Crippen LogP contribution in [0.1, 0.15) is 27.4 Å². The van der Waals surface area contributed by atoms with Crippen molar-refractivity contribution < 1.29 is 4.79 Å². The van der Waals surface area contributed by atoms with Gasteiger partial charge < -0.3 is 10.6 Å². The standard InChI is InChI=1S/C21H21ClN4O/c1-14-3-9-18(10-4-14)26-21(27)19-13-20(25-15(2)24-19)23-12-11-16-5-7-17(22)8-6-16/h3-10,13H,11-12H2,1-2H3,(H,26,27)(H,23,24,25). The predicted octanol–water partition coefficient (Wildman–Crippen LogP) is 4.65. The van der Waals surface area contributed by atoms with Gasteiger partial charge in [-0.2, -0.15) is 0 Å². The molecule has 138 valence electrons. The number of anilines is 2. The minimum atomic E-state index is -0.259. The summed E-state index contributed by atoms with van der Waals surface area (Å²) in [6.45, 7) is 4.46. The number of benzene rings is 2. The highest BCUT2D eigenvalue weighted by molar-refractivity contribution is 6.30. The van der Waals surface area contributed by atoms with E-state index in [0.29, 0.717) is 23.9 Å². The highest BCUT2D eigenvalue weighted by Crippen LogP contribution is 2.13. The normalized spacial score (nSPS) is 10.5. The molecule has 0 radical (unpaired) electrons. The number of aromatic nitrogens is 2. The first-order valence-corrected chi connectivity index (χ1v) is 9.09. The summed E-state index contributed by atoms with van der Waals surface area (Å²) in [6, 6.07) is 17.0. The molecule has 5 nitrogen and oxygen atoms in total. The van der Waals surface area contributed by atoms with Crippen LogP contribution >= 0.6 is 11.6 Å². The summed E-state index contributed by atoms with van der Waals surface area (Å²) in [5.74, 6) is 0.913. The lowest BCUT2D eigenvalue weighted by molar-refractivity contribution is 0.102. The molecule has 3 aromatic rings. The van der Waals surface area contributed by atoms with Gasteiger partial charge in [0, 0.05) is 23.3 Å². The molecule has 0 aliphatic carbocycles. The zero-order valence-corrected chi connectivity index (χ0v) is 16.0. The van der Waals surface area contributed by atoms with Crippen molar-refractivity contribution >= 4 is 29.0 Å². The molecule has 0 saturated heterocycles. The minimum Gasteiger partial charge on any atom is -0.370 e. The summed E-state index contributed by atoms with van der Waals surface area (Å²) in [6.07, 6.45) is 0.825. The van der Waals surface area contributed by atoms with Gasteiger partial charge in [-0.15, -0.1) is 0 Å². The topological polar surface area (TPSA) is 66.9 Å². The number of hydrogen-bond donors (Lipinski definition) is 2. The summed E-state index contributed by atoms with van der Waals surface area (Å²) in [5.41, 5.74) is 3.38. The second-order valence-corrected chi connectivity index (χ2v) is 6.75. The Morgan fingerprint density at radius 1 is 1.00 bits per heavy atom. The minimum absolute atomic E-state index is 0.259. The molecular formula is C21H21ClN4O. The third-order valence-corrected chi connectivity index (χ3v) is 4.27. The molecule has 3 rings (SSSR count). The lowest BCUT2D eigenvalue weighted by Gasteiger charge is -2.09. The van der Waals surface area contributed by atoms with E-state index < -0.39 is 0 Å². The van der Waals surface area contributed by atoms with Crippen molar-refractivity contribution in [3.63, 3.8) is 0 Å². The van der Waals surface area contributed by atoms with Gasteiger partial charge >= 0.3 is 0 Å². The van der Waals surface area contributed by atoms with Crippen LogP contribution in [0.5, 0.6) is 0 Å². The average Bonchev–Trinajstić information content (AvgIpc) is 2.65. The van der Waals surface area contributed by atoms with Crippen LogP contribution in [0.3, 0.4) is 0 Å². The van der Waals surface area contributed by atoms with Gasteiger partial charge in [0.05, 0.1) is 0 Å². The Balaban J connectivity index is 1.63. The monoisotopic (exact) mass is 380 g/mol. The average molecular weight is 381 g/mol. The SMILES string of the molecule is Cc1ccc(NC(=O)c2cc(NCCc3ccc(Cl)cc3)nc(C)n2)cc1. The second-order valence-electron chi connectivity index (χ2n) is 6.31. The number of rotatable bonds is 6. The first kappa shape index (κ1) is 18.9. The molecule has 0 saturated carbocycles. The fourth-order valence-electron chi connectivity index (χ4n) is 2.59. The van der Waals surface area contributed by atoms with Gasteiger partial charge in [0.2, 0.25) is 0 Å². The summed E-state index contributed by atoms with van der Waals surface area (Å²) in [7, 11) is 0. The van der Waals surface area contributed by atoms with Crippen LogP contribution in [-0.2, 0) is 6.42 Å². The summed E-state index contributed by atoms with van der Waals surface area (Å²) < 4.78 is 0. The van der Waals surface area contributed by atoms with E-state index in [1.807, 2.05) is 55.5 Å². The Morgan fingerprint density at radius 3 is 2.41 bits per heavy atom. The Labute approximate surface area is 163 Å². The number of carbonyl (C=O) groups excluding carboxylic acids is 1. The number of nitrogens with zero attached hydrogens (tertiary/aromatic N) is 2. The molecule has 0 atom stereocenters. The maximum absolute atomic E-state index is 12.5. The van der Waals surface area contributed by atoms with E-state index in [0.717, 1.165) is 22.7 Å². The quantitative estimate of drug-likeness (QED) is 0.653. The lowest BCUT2D eigenvalue weighted by atomic mass is 10.1. The molecule has 1 heterocycles. The van der Waals surface area contributed by atoms with Crippen molar-refractivity contribution in [2.45, 2.75) is 20.3 Å². The van der Waals surface area contributed by atoms with Crippen LogP contribution < -0.4 is 10.6 Å². The summed E-state index contributed by atoms with van der Waals surface area (Å²) in [4.78, 5) is 21.1. The maximum Gasteiger partial charge on any atom is 0.274 e. The van der Waals surface area contributed by atoms with Gasteiger partial charge in [0.15, 0.2) is 0 Å². The van der Waals surface area contributed by atoms with Crippen LogP contribution in [-0.4, -0.2) is 22.4 Å². The number of amides is 1. The molecule has 2 N–H and O–H groups in total. The van der Waals surface area contributed by atoms with Crippen molar-refractivity contribution in [3.05, 3.63) is 82.3 Å². The van der Waals surface area contributed by atoms with Crippen molar-refractivity contribution in [2.75, 3.05) is 17.2 Å². The van der Waals surface area contributed by atoms with Crippen molar-refractivity contribution in [2.24, 2.45) is 0 Å². The van der Waals surface area contributed by atoms with E-state index in [1.54, 1.807) is 13.0 Å². The van der Waals surface area contributed by atoms with Gasteiger partial charge in [-0.1, -0.05) is 41.4 Å². The third kappa shape index (κ3) is 5.53. The van der Waals surface area contributed by atoms with Crippen molar-refractivity contribution in [1.82, 2.24) is 9.97 Å². The van der Waals surface area contributed by atoms with Gasteiger partial charge in [0.1, 0.15) is 17.3 Å². The zero-order chi connectivity index (χ0) is 19.2. The van der Waals surface area contributed by atoms with Crippen molar-refractivity contribution in [3.8, 4) is 0 Å². The molecule has 0 bridgehead atoms. The fraction of sp³-hybridized carbons (Fsp3) is 0.190. The van der Waals surface area contributed by atoms with Gasteiger partial charge in [-0.05, 0) is 50.1 Å². The third-order valence-electron chi connectivity index (χ3n) is 4.01. The van der Waals surface area contributed by atoms with Gasteiger partial charge in [0.25, 0.3) is 5.91 Å². The highest BCUT2D eigenvalue weighted by Gasteiger charge is 2.11. The molecule has 27 heavy (non-hydrogen) atoms. The smallest absolute Gasteiger partial charge is 0.274 e. The second kappa shape index (κ2) is 8.64. The van der Waals surface area contributed by atoms with E-state index in [4.69, 9.17) is 11.6 Å². The molecule has 1 aromatic heterocycles. The molecule has 0 unspecified atom stereocenters. The Bertz CT molecular complexity index is 924. The van der Waals surface area contributed by atoms with Gasteiger partial charge in [-0.25, -0.2) is 9.97 Å². The highest BCUT2D eigenvalue weighted by atomic mass is 35.5. The van der Waals surface area contributed by atoms with E-state index in [9.17, 15) is 4.79 Å². The zero-order valence-electron chi connectivity index (χ0n) is 15.3. The largest absolute Gasteiger partial charge is 0.370 e. The molecule has 1 amide bonds. The number of nitrogens with one attached hydrogen (secondary N) is 2. The maximum atomic E-state index is 12.5. The molecule has 0 spiro atoms. The molecule has 0 aliphatic rings.